The number of ether oxygens (including phenoxy) is 4. The van der Waals surface area contributed by atoms with Gasteiger partial charge in [0.2, 0.25) is 6.79 Å². The minimum atomic E-state index is -1.03. The van der Waals surface area contributed by atoms with E-state index in [1.165, 1.54) is 7.11 Å². The summed E-state index contributed by atoms with van der Waals surface area (Å²) in [6, 6.07) is 31.4. The zero-order valence-corrected chi connectivity index (χ0v) is 25.1. The minimum absolute atomic E-state index is 0.136. The van der Waals surface area contributed by atoms with E-state index in [0.29, 0.717) is 30.1 Å². The minimum Gasteiger partial charge on any atom is -0.489 e. The van der Waals surface area contributed by atoms with Gasteiger partial charge in [-0.3, -0.25) is 14.6 Å². The molecule has 0 fully saturated rings. The Morgan fingerprint density at radius 1 is 0.913 bits per heavy atom. The molecule has 228 valence electrons. The number of aromatic nitrogens is 1. The maximum absolute atomic E-state index is 14.7. The first-order valence-electron chi connectivity index (χ1n) is 15.2. The number of nitrogens with one attached hydrogen (secondary N) is 1. The zero-order valence-electron chi connectivity index (χ0n) is 25.1. The van der Waals surface area contributed by atoms with Crippen molar-refractivity contribution < 1.29 is 28.5 Å². The Balaban J connectivity index is 1.24. The lowest BCUT2D eigenvalue weighted by Crippen LogP contribution is -2.40. The molecule has 3 heterocycles. The molecule has 5 aromatic rings. The van der Waals surface area contributed by atoms with Crippen molar-refractivity contribution in [3.63, 3.8) is 0 Å². The Labute approximate surface area is 265 Å². The fourth-order valence-corrected chi connectivity index (χ4v) is 6.97. The van der Waals surface area contributed by atoms with Crippen LogP contribution in [-0.4, -0.2) is 30.6 Å². The molecule has 3 aliphatic rings. The molecule has 2 aliphatic heterocycles. The van der Waals surface area contributed by atoms with E-state index < -0.39 is 23.7 Å². The van der Waals surface area contributed by atoms with Gasteiger partial charge in [-0.05, 0) is 71.1 Å². The Hall–Kier alpha value is -5.63. The quantitative estimate of drug-likeness (QED) is 0.164. The van der Waals surface area contributed by atoms with Crippen molar-refractivity contribution >= 4 is 28.3 Å². The molecular weight excluding hydrogens is 580 g/mol. The predicted molar refractivity (Wildman–Crippen MR) is 172 cm³/mol. The van der Waals surface area contributed by atoms with Gasteiger partial charge in [-0.15, -0.1) is 0 Å². The summed E-state index contributed by atoms with van der Waals surface area (Å²) < 4.78 is 22.5. The number of carbonyl (C=O) groups is 2. The molecule has 1 aromatic heterocycles. The number of allylic oxidation sites excluding steroid dienone is 2. The number of esters is 1. The second-order valence-electron chi connectivity index (χ2n) is 11.7. The maximum atomic E-state index is 14.7. The van der Waals surface area contributed by atoms with E-state index >= 15 is 0 Å². The van der Waals surface area contributed by atoms with Crippen LogP contribution >= 0.6 is 0 Å². The van der Waals surface area contributed by atoms with Crippen molar-refractivity contribution in [1.82, 2.24) is 4.98 Å². The highest BCUT2D eigenvalue weighted by atomic mass is 16.7. The Bertz CT molecular complexity index is 2020. The number of fused-ring (bicyclic) bond motifs is 4. The SMILES string of the molecule is COC(=O)C1C(=O)C2=C(CC1c1ccc3c(c1)OCO3)Nc1ccc3ncccc3c1C2c1ccc(OCc2ccccc2)cc1. The summed E-state index contributed by atoms with van der Waals surface area (Å²) in [5, 5.41) is 4.54. The molecule has 0 bridgehead atoms. The molecule has 0 saturated carbocycles. The Morgan fingerprint density at radius 3 is 2.54 bits per heavy atom. The molecule has 8 nitrogen and oxygen atoms in total. The van der Waals surface area contributed by atoms with Crippen molar-refractivity contribution in [2.75, 3.05) is 19.2 Å². The number of pyridine rings is 1. The van der Waals surface area contributed by atoms with Crippen LogP contribution in [0.25, 0.3) is 10.9 Å². The van der Waals surface area contributed by atoms with Gasteiger partial charge < -0.3 is 24.3 Å². The van der Waals surface area contributed by atoms with Crippen molar-refractivity contribution in [1.29, 1.82) is 0 Å². The third kappa shape index (κ3) is 4.74. The second kappa shape index (κ2) is 11.4. The number of rotatable bonds is 6. The number of benzene rings is 4. The molecular formula is C38H30N2O6. The molecule has 0 spiro atoms. The molecule has 8 rings (SSSR count). The average Bonchev–Trinajstić information content (AvgIpc) is 3.58. The molecule has 0 saturated heterocycles. The van der Waals surface area contributed by atoms with Crippen LogP contribution in [0.15, 0.2) is 115 Å². The smallest absolute Gasteiger partial charge is 0.317 e. The summed E-state index contributed by atoms with van der Waals surface area (Å²) >= 11 is 0. The van der Waals surface area contributed by atoms with Crippen LogP contribution in [0.4, 0.5) is 5.69 Å². The van der Waals surface area contributed by atoms with Gasteiger partial charge in [0.15, 0.2) is 17.3 Å². The van der Waals surface area contributed by atoms with E-state index in [1.54, 1.807) is 6.20 Å². The van der Waals surface area contributed by atoms with Crippen molar-refractivity contribution in [2.24, 2.45) is 5.92 Å². The highest BCUT2D eigenvalue weighted by Crippen LogP contribution is 2.52. The molecule has 3 unspecified atom stereocenters. The van der Waals surface area contributed by atoms with E-state index in [2.05, 4.69) is 10.3 Å². The van der Waals surface area contributed by atoms with Crippen molar-refractivity contribution in [3.05, 3.63) is 137 Å². The van der Waals surface area contributed by atoms with Gasteiger partial charge in [0, 0.05) is 40.4 Å². The highest BCUT2D eigenvalue weighted by molar-refractivity contribution is 6.13. The number of hydrogen-bond donors (Lipinski definition) is 1. The number of Topliss-reactive ketones (excluding diaryl/α,β-unsaturated/α-hetero) is 1. The fourth-order valence-electron chi connectivity index (χ4n) is 6.97. The van der Waals surface area contributed by atoms with Crippen LogP contribution in [0.1, 0.15) is 40.5 Å². The van der Waals surface area contributed by atoms with Crippen LogP contribution in [0.2, 0.25) is 0 Å². The molecule has 4 aromatic carbocycles. The van der Waals surface area contributed by atoms with Gasteiger partial charge in [0.25, 0.3) is 0 Å². The topological polar surface area (TPSA) is 96.0 Å². The number of carbonyl (C=O) groups excluding carboxylic acids is 2. The third-order valence-corrected chi connectivity index (χ3v) is 9.13. The van der Waals surface area contributed by atoms with Gasteiger partial charge in [0.05, 0.1) is 12.6 Å². The predicted octanol–water partition coefficient (Wildman–Crippen LogP) is 6.90. The number of nitrogens with zero attached hydrogens (tertiary/aromatic N) is 1. The highest BCUT2D eigenvalue weighted by Gasteiger charge is 2.48. The molecule has 8 heteroatoms. The van der Waals surface area contributed by atoms with Gasteiger partial charge in [-0.25, -0.2) is 0 Å². The first kappa shape index (κ1) is 27.9. The molecule has 46 heavy (non-hydrogen) atoms. The van der Waals surface area contributed by atoms with Crippen molar-refractivity contribution in [3.8, 4) is 17.2 Å². The van der Waals surface area contributed by atoms with E-state index in [-0.39, 0.29) is 12.6 Å². The van der Waals surface area contributed by atoms with Gasteiger partial charge in [-0.1, -0.05) is 54.6 Å². The van der Waals surface area contributed by atoms with Gasteiger partial charge in [-0.2, -0.15) is 0 Å². The average molecular weight is 611 g/mol. The Morgan fingerprint density at radius 2 is 1.72 bits per heavy atom. The third-order valence-electron chi connectivity index (χ3n) is 9.13. The summed E-state index contributed by atoms with van der Waals surface area (Å²) in [6.45, 7) is 0.583. The van der Waals surface area contributed by atoms with Crippen LogP contribution < -0.4 is 19.5 Å². The van der Waals surface area contributed by atoms with Crippen LogP contribution in [-0.2, 0) is 20.9 Å². The van der Waals surface area contributed by atoms with E-state index in [4.69, 9.17) is 18.9 Å². The molecule has 1 N–H and O–H groups in total. The summed E-state index contributed by atoms with van der Waals surface area (Å²) in [7, 11) is 1.33. The number of hydrogen-bond acceptors (Lipinski definition) is 8. The Kier molecular flexibility index (Phi) is 6.90. The van der Waals surface area contributed by atoms with Gasteiger partial charge in [0.1, 0.15) is 18.3 Å². The van der Waals surface area contributed by atoms with Crippen LogP contribution in [0.5, 0.6) is 17.2 Å². The first-order valence-corrected chi connectivity index (χ1v) is 15.2. The summed E-state index contributed by atoms with van der Waals surface area (Å²) in [5.41, 5.74) is 6.83. The largest absolute Gasteiger partial charge is 0.489 e. The first-order chi connectivity index (χ1) is 22.6. The van der Waals surface area contributed by atoms with Crippen LogP contribution in [0, 0.1) is 5.92 Å². The maximum Gasteiger partial charge on any atom is 0.317 e. The lowest BCUT2D eigenvalue weighted by molar-refractivity contribution is -0.149. The number of anilines is 1. The lowest BCUT2D eigenvalue weighted by atomic mass is 9.66. The number of ketones is 1. The van der Waals surface area contributed by atoms with E-state index in [0.717, 1.165) is 50.3 Å². The zero-order chi connectivity index (χ0) is 31.2. The van der Waals surface area contributed by atoms with Crippen LogP contribution in [0.3, 0.4) is 0 Å². The monoisotopic (exact) mass is 610 g/mol. The fraction of sp³-hybridized carbons (Fsp3) is 0.184. The van der Waals surface area contributed by atoms with E-state index in [9.17, 15) is 9.59 Å². The normalized spacial score (nSPS) is 19.7. The standard InChI is InChI=1S/C38H30N2O6/c1-43-38(42)35-27(24-11-16-31-32(18-24)46-21-45-31)19-30-36(37(35)41)33(34-26-8-5-17-39-28(26)14-15-29(34)40-30)23-9-12-25(13-10-23)44-20-22-6-3-2-4-7-22/h2-18,27,33,35,40H,19-21H2,1H3. The lowest BCUT2D eigenvalue weighted by Gasteiger charge is -2.39. The summed E-state index contributed by atoms with van der Waals surface area (Å²) in [5.74, 6) is -0.795. The second-order valence-corrected chi connectivity index (χ2v) is 11.7. The molecule has 0 radical (unpaired) electrons. The summed E-state index contributed by atoms with van der Waals surface area (Å²) in [6.07, 6.45) is 2.19. The van der Waals surface area contributed by atoms with Gasteiger partial charge >= 0.3 is 5.97 Å². The summed E-state index contributed by atoms with van der Waals surface area (Å²) in [4.78, 5) is 32.8. The molecule has 3 atom stereocenters. The molecule has 0 amide bonds. The van der Waals surface area contributed by atoms with E-state index in [1.807, 2.05) is 97.1 Å². The molecule has 1 aliphatic carbocycles. The van der Waals surface area contributed by atoms with Crippen molar-refractivity contribution in [2.45, 2.75) is 24.9 Å². The number of methoxy groups -OCH3 is 1.